The van der Waals surface area contributed by atoms with Crippen LogP contribution in [-0.4, -0.2) is 0 Å². The van der Waals surface area contributed by atoms with Crippen LogP contribution in [0.15, 0.2) is 231 Å². The van der Waals surface area contributed by atoms with Gasteiger partial charge < -0.3 is 9.80 Å². The van der Waals surface area contributed by atoms with E-state index in [9.17, 15) is 0 Å². The van der Waals surface area contributed by atoms with E-state index in [1.54, 1.807) is 0 Å². The minimum atomic E-state index is 1.12. The number of fused-ring (bicyclic) bond motifs is 14. The van der Waals surface area contributed by atoms with Crippen molar-refractivity contribution in [2.45, 2.75) is 13.8 Å². The van der Waals surface area contributed by atoms with E-state index in [-0.39, 0.29) is 0 Å². The molecule has 0 fully saturated rings. The number of hydrogen-bond acceptors (Lipinski definition) is 2. The van der Waals surface area contributed by atoms with Gasteiger partial charge in [0.05, 0.1) is 0 Å². The highest BCUT2D eigenvalue weighted by molar-refractivity contribution is 6.33. The molecule has 0 saturated carbocycles. The van der Waals surface area contributed by atoms with Crippen molar-refractivity contribution in [2.24, 2.45) is 0 Å². The second-order valence-corrected chi connectivity index (χ2v) is 17.9. The van der Waals surface area contributed by atoms with Gasteiger partial charge in [-0.05, 0) is 185 Å². The van der Waals surface area contributed by atoms with E-state index in [4.69, 9.17) is 0 Å². The lowest BCUT2D eigenvalue weighted by Crippen LogP contribution is -2.10. The number of rotatable bonds is 6. The van der Waals surface area contributed by atoms with E-state index in [2.05, 4.69) is 254 Å². The van der Waals surface area contributed by atoms with E-state index in [0.29, 0.717) is 0 Å². The second-order valence-electron chi connectivity index (χ2n) is 17.9. The Morgan fingerprint density at radius 3 is 0.864 bits per heavy atom. The molecule has 0 saturated heterocycles. The van der Waals surface area contributed by atoms with Crippen LogP contribution in [0.1, 0.15) is 11.1 Å². The topological polar surface area (TPSA) is 6.48 Å². The zero-order valence-electron chi connectivity index (χ0n) is 36.8. The first-order valence-electron chi connectivity index (χ1n) is 22.9. The third kappa shape index (κ3) is 6.18. The largest absolute Gasteiger partial charge is 0.310 e. The first kappa shape index (κ1) is 38.0. The molecule has 13 aromatic carbocycles. The van der Waals surface area contributed by atoms with E-state index in [0.717, 1.165) is 34.1 Å². The highest BCUT2D eigenvalue weighted by atomic mass is 15.1. The fourth-order valence-corrected chi connectivity index (χ4v) is 10.6. The third-order valence-corrected chi connectivity index (χ3v) is 13.8. The van der Waals surface area contributed by atoms with E-state index < -0.39 is 0 Å². The van der Waals surface area contributed by atoms with Gasteiger partial charge in [-0.1, -0.05) is 157 Å². The summed E-state index contributed by atoms with van der Waals surface area (Å²) in [6.45, 7) is 4.29. The van der Waals surface area contributed by atoms with E-state index >= 15 is 0 Å². The van der Waals surface area contributed by atoms with Crippen LogP contribution in [0.2, 0.25) is 0 Å². The van der Waals surface area contributed by atoms with Crippen molar-refractivity contribution in [3.63, 3.8) is 0 Å². The van der Waals surface area contributed by atoms with Gasteiger partial charge in [0.25, 0.3) is 0 Å². The maximum Gasteiger partial charge on any atom is 0.0468 e. The maximum absolute atomic E-state index is 2.48. The Morgan fingerprint density at radius 1 is 0.197 bits per heavy atom. The molecule has 0 aliphatic heterocycles. The standard InChI is InChI=1S/C64H44N2/c1-41-19-25-47(26-20-41)65(48-27-21-42(2)22-28-48)51-31-33-57-59(37-51)53-15-7-9-17-55(53)61-40-64-58-34-32-52(38-60(58)54-16-8-10-18-56(54)62(64)39-63(57)61)66(49-29-23-43-11-3-5-13-45(43)35-49)50-30-24-44-12-4-6-14-46(44)36-50/h3-40H,1-2H3. The summed E-state index contributed by atoms with van der Waals surface area (Å²) in [5.74, 6) is 0. The first-order valence-corrected chi connectivity index (χ1v) is 22.9. The van der Waals surface area contributed by atoms with Crippen molar-refractivity contribution >= 4 is 120 Å². The van der Waals surface area contributed by atoms with Crippen LogP contribution in [0.5, 0.6) is 0 Å². The minimum Gasteiger partial charge on any atom is -0.310 e. The summed E-state index contributed by atoms with van der Waals surface area (Å²) in [5, 5.41) is 20.0. The lowest BCUT2D eigenvalue weighted by molar-refractivity contribution is 1.27. The van der Waals surface area contributed by atoms with Gasteiger partial charge in [-0.25, -0.2) is 0 Å². The monoisotopic (exact) mass is 840 g/mol. The Balaban J connectivity index is 1.04. The molecule has 0 bridgehead atoms. The molecule has 0 atom stereocenters. The van der Waals surface area contributed by atoms with Gasteiger partial charge in [0.2, 0.25) is 0 Å². The number of aryl methyl sites for hydroxylation is 2. The number of nitrogens with zero attached hydrogens (tertiary/aromatic N) is 2. The fraction of sp³-hybridized carbons (Fsp3) is 0.0312. The van der Waals surface area contributed by atoms with Crippen molar-refractivity contribution in [2.75, 3.05) is 9.80 Å². The average molecular weight is 841 g/mol. The van der Waals surface area contributed by atoms with Gasteiger partial charge in [0, 0.05) is 34.1 Å². The highest BCUT2D eigenvalue weighted by Gasteiger charge is 2.20. The molecule has 0 amide bonds. The van der Waals surface area contributed by atoms with Crippen molar-refractivity contribution in [3.8, 4) is 0 Å². The van der Waals surface area contributed by atoms with Gasteiger partial charge in [0.15, 0.2) is 0 Å². The van der Waals surface area contributed by atoms with Crippen LogP contribution in [0.3, 0.4) is 0 Å². The van der Waals surface area contributed by atoms with Crippen molar-refractivity contribution in [1.82, 2.24) is 0 Å². The average Bonchev–Trinajstić information content (AvgIpc) is 3.37. The molecular formula is C64H44N2. The van der Waals surface area contributed by atoms with Crippen molar-refractivity contribution in [3.05, 3.63) is 242 Å². The molecule has 2 heteroatoms. The normalized spacial score (nSPS) is 11.8. The van der Waals surface area contributed by atoms with Crippen LogP contribution >= 0.6 is 0 Å². The Kier molecular flexibility index (Phi) is 8.69. The van der Waals surface area contributed by atoms with Crippen molar-refractivity contribution in [1.29, 1.82) is 0 Å². The SMILES string of the molecule is Cc1ccc(N(c2ccc(C)cc2)c2ccc3c(c2)c2ccccc2c2cc4c5ccc(N(c6ccc7ccccc7c6)c6ccc7ccccc7c6)cc5c5ccccc5c4cc32)cc1. The van der Waals surface area contributed by atoms with Gasteiger partial charge in [0.1, 0.15) is 0 Å². The smallest absolute Gasteiger partial charge is 0.0468 e. The molecule has 0 radical (unpaired) electrons. The summed E-state index contributed by atoms with van der Waals surface area (Å²) in [4.78, 5) is 4.80. The Bertz CT molecular complexity index is 3950. The molecule has 310 valence electrons. The van der Waals surface area contributed by atoms with Crippen LogP contribution in [0, 0.1) is 13.8 Å². The number of hydrogen-bond donors (Lipinski definition) is 0. The molecule has 2 nitrogen and oxygen atoms in total. The molecular weight excluding hydrogens is 797 g/mol. The lowest BCUT2D eigenvalue weighted by atomic mass is 9.88. The number of benzene rings is 13. The highest BCUT2D eigenvalue weighted by Crippen LogP contribution is 2.46. The summed E-state index contributed by atoms with van der Waals surface area (Å²) < 4.78 is 0. The molecule has 0 N–H and O–H groups in total. The van der Waals surface area contributed by atoms with Gasteiger partial charge in [-0.2, -0.15) is 0 Å². The minimum absolute atomic E-state index is 1.12. The molecule has 0 aromatic heterocycles. The van der Waals surface area contributed by atoms with Crippen LogP contribution in [0.25, 0.3) is 86.2 Å². The molecule has 0 aliphatic carbocycles. The summed E-state index contributed by atoms with van der Waals surface area (Å²) in [5.41, 5.74) is 9.28. The molecule has 13 rings (SSSR count). The second kappa shape index (κ2) is 15.1. The molecule has 66 heavy (non-hydrogen) atoms. The van der Waals surface area contributed by atoms with Gasteiger partial charge in [-0.3, -0.25) is 0 Å². The van der Waals surface area contributed by atoms with E-state index in [1.807, 2.05) is 0 Å². The third-order valence-electron chi connectivity index (χ3n) is 13.8. The zero-order valence-corrected chi connectivity index (χ0v) is 36.8. The molecule has 0 heterocycles. The summed E-state index contributed by atoms with van der Waals surface area (Å²) in [6, 6.07) is 85.7. The molecule has 0 spiro atoms. The van der Waals surface area contributed by atoms with Crippen LogP contribution in [-0.2, 0) is 0 Å². The fourth-order valence-electron chi connectivity index (χ4n) is 10.6. The zero-order chi connectivity index (χ0) is 43.9. The lowest BCUT2D eigenvalue weighted by Gasteiger charge is -2.27. The Morgan fingerprint density at radius 2 is 0.470 bits per heavy atom. The molecule has 0 unspecified atom stereocenters. The summed E-state index contributed by atoms with van der Waals surface area (Å²) in [7, 11) is 0. The summed E-state index contributed by atoms with van der Waals surface area (Å²) >= 11 is 0. The predicted molar refractivity (Wildman–Crippen MR) is 285 cm³/mol. The van der Waals surface area contributed by atoms with Crippen LogP contribution < -0.4 is 9.80 Å². The van der Waals surface area contributed by atoms with Gasteiger partial charge in [-0.15, -0.1) is 0 Å². The quantitative estimate of drug-likeness (QED) is 0.122. The van der Waals surface area contributed by atoms with Gasteiger partial charge >= 0.3 is 0 Å². The number of anilines is 6. The first-order chi connectivity index (χ1) is 32.5. The van der Waals surface area contributed by atoms with Crippen molar-refractivity contribution < 1.29 is 0 Å². The molecule has 0 aliphatic rings. The molecule has 13 aromatic rings. The van der Waals surface area contributed by atoms with E-state index in [1.165, 1.54) is 97.3 Å². The Labute approximate surface area is 383 Å². The van der Waals surface area contributed by atoms with Crippen LogP contribution in [0.4, 0.5) is 34.1 Å². The summed E-state index contributed by atoms with van der Waals surface area (Å²) in [6.07, 6.45) is 0. The Hall–Kier alpha value is -8.46. The predicted octanol–water partition coefficient (Wildman–Crippen LogP) is 18.5. The maximum atomic E-state index is 2.48.